The van der Waals surface area contributed by atoms with E-state index in [0.29, 0.717) is 0 Å². The maximum atomic E-state index is 11.1. The van der Waals surface area contributed by atoms with Gasteiger partial charge in [0.05, 0.1) is 15.9 Å². The Labute approximate surface area is 143 Å². The lowest BCUT2D eigenvalue weighted by molar-refractivity contribution is -0.385. The van der Waals surface area contributed by atoms with Crippen molar-refractivity contribution in [2.75, 3.05) is 5.32 Å². The average Bonchev–Trinajstić information content (AvgIpc) is 3.10. The number of nitro benzene ring substituents is 2. The maximum Gasteiger partial charge on any atom is 0.269 e. The molecule has 1 heterocycles. The Bertz CT molecular complexity index is 909. The molecule has 2 aromatic carbocycles. The number of non-ortho nitro benzene ring substituents is 2. The van der Waals surface area contributed by atoms with Gasteiger partial charge < -0.3 is 5.32 Å². The summed E-state index contributed by atoms with van der Waals surface area (Å²) in [6.45, 7) is 0. The molecule has 1 aliphatic heterocycles. The van der Waals surface area contributed by atoms with E-state index in [0.717, 1.165) is 23.2 Å². The van der Waals surface area contributed by atoms with Gasteiger partial charge >= 0.3 is 0 Å². The third-order valence-corrected chi connectivity index (χ3v) is 5.00. The molecule has 25 heavy (non-hydrogen) atoms. The lowest BCUT2D eigenvalue weighted by atomic mass is 9.77. The van der Waals surface area contributed by atoms with Crippen LogP contribution in [0.5, 0.6) is 0 Å². The highest BCUT2D eigenvalue weighted by molar-refractivity contribution is 5.63. The van der Waals surface area contributed by atoms with Gasteiger partial charge in [-0.3, -0.25) is 20.2 Å². The Morgan fingerprint density at radius 3 is 2.52 bits per heavy atom. The predicted octanol–water partition coefficient (Wildman–Crippen LogP) is 4.33. The van der Waals surface area contributed by atoms with Crippen LogP contribution in [0.25, 0.3) is 0 Å². The first-order valence-corrected chi connectivity index (χ1v) is 8.00. The Kier molecular flexibility index (Phi) is 3.49. The number of fused-ring (bicyclic) bond motifs is 3. The minimum absolute atomic E-state index is 0.0660. The Morgan fingerprint density at radius 2 is 1.76 bits per heavy atom. The minimum Gasteiger partial charge on any atom is -0.378 e. The summed E-state index contributed by atoms with van der Waals surface area (Å²) in [5, 5.41) is 25.6. The summed E-state index contributed by atoms with van der Waals surface area (Å²) in [5.74, 6) is 0.247. The van der Waals surface area contributed by atoms with Crippen LogP contribution < -0.4 is 5.32 Å². The minimum atomic E-state index is -0.395. The van der Waals surface area contributed by atoms with Crippen LogP contribution in [0.4, 0.5) is 17.1 Å². The number of nitro groups is 2. The summed E-state index contributed by atoms with van der Waals surface area (Å²) in [6.07, 6.45) is 4.99. The maximum absolute atomic E-state index is 11.1. The topological polar surface area (TPSA) is 98.3 Å². The first kappa shape index (κ1) is 15.3. The van der Waals surface area contributed by atoms with Gasteiger partial charge in [-0.2, -0.15) is 0 Å². The van der Waals surface area contributed by atoms with E-state index in [4.69, 9.17) is 0 Å². The van der Waals surface area contributed by atoms with Crippen molar-refractivity contribution in [3.63, 3.8) is 0 Å². The molecule has 1 aliphatic carbocycles. The number of rotatable bonds is 3. The monoisotopic (exact) mass is 337 g/mol. The van der Waals surface area contributed by atoms with Gasteiger partial charge in [0, 0.05) is 35.9 Å². The molecule has 0 saturated carbocycles. The standard InChI is InChI=1S/C18H15N3O4/c22-20(23)12-4-1-3-11(9-12)18-15-6-2-5-14(15)16-10-13(21(24)25)7-8-17(16)19-18/h1-5,7-10,14-15,18-19H,6H2/t14-,15-,18-/m0/s1. The molecule has 1 N–H and O–H groups in total. The third-order valence-electron chi connectivity index (χ3n) is 5.00. The molecule has 2 aromatic rings. The van der Waals surface area contributed by atoms with Crippen LogP contribution >= 0.6 is 0 Å². The summed E-state index contributed by atoms with van der Waals surface area (Å²) in [5.41, 5.74) is 2.76. The van der Waals surface area contributed by atoms with Crippen molar-refractivity contribution in [1.29, 1.82) is 0 Å². The molecule has 126 valence electrons. The molecule has 0 spiro atoms. The van der Waals surface area contributed by atoms with Crippen molar-refractivity contribution in [2.45, 2.75) is 18.4 Å². The highest BCUT2D eigenvalue weighted by Gasteiger charge is 2.38. The van der Waals surface area contributed by atoms with E-state index in [9.17, 15) is 20.2 Å². The quantitative estimate of drug-likeness (QED) is 0.510. The van der Waals surface area contributed by atoms with E-state index in [2.05, 4.69) is 17.5 Å². The first-order chi connectivity index (χ1) is 12.0. The SMILES string of the molecule is O=[N+]([O-])c1cccc([C@@H]2Nc3ccc([N+](=O)[O-])cc3[C@H]3C=CC[C@@H]32)c1. The Hall–Kier alpha value is -3.22. The van der Waals surface area contributed by atoms with E-state index in [1.807, 2.05) is 6.07 Å². The summed E-state index contributed by atoms with van der Waals surface area (Å²) in [4.78, 5) is 21.4. The van der Waals surface area contributed by atoms with Gasteiger partial charge in [-0.05, 0) is 29.5 Å². The first-order valence-electron chi connectivity index (χ1n) is 8.00. The second-order valence-electron chi connectivity index (χ2n) is 6.36. The van der Waals surface area contributed by atoms with Gasteiger partial charge in [0.1, 0.15) is 0 Å². The lowest BCUT2D eigenvalue weighted by Crippen LogP contribution is -2.29. The van der Waals surface area contributed by atoms with Gasteiger partial charge in [0.15, 0.2) is 0 Å². The van der Waals surface area contributed by atoms with Crippen molar-refractivity contribution in [3.8, 4) is 0 Å². The van der Waals surface area contributed by atoms with Crippen LogP contribution in [0.2, 0.25) is 0 Å². The molecule has 0 unspecified atom stereocenters. The summed E-state index contributed by atoms with van der Waals surface area (Å²) in [7, 11) is 0. The van der Waals surface area contributed by atoms with Crippen LogP contribution in [0.15, 0.2) is 54.6 Å². The van der Waals surface area contributed by atoms with Crippen LogP contribution in [0.3, 0.4) is 0 Å². The van der Waals surface area contributed by atoms with Crippen molar-refractivity contribution in [3.05, 3.63) is 86.0 Å². The largest absolute Gasteiger partial charge is 0.378 e. The van der Waals surface area contributed by atoms with Gasteiger partial charge in [0.25, 0.3) is 11.4 Å². The van der Waals surface area contributed by atoms with E-state index >= 15 is 0 Å². The van der Waals surface area contributed by atoms with E-state index in [-0.39, 0.29) is 34.2 Å². The third kappa shape index (κ3) is 2.53. The number of allylic oxidation sites excluding steroid dienone is 2. The van der Waals surface area contributed by atoms with Crippen molar-refractivity contribution in [1.82, 2.24) is 0 Å². The zero-order valence-electron chi connectivity index (χ0n) is 13.2. The molecule has 4 rings (SSSR count). The second-order valence-corrected chi connectivity index (χ2v) is 6.36. The van der Waals surface area contributed by atoms with Crippen molar-refractivity contribution < 1.29 is 9.85 Å². The van der Waals surface area contributed by atoms with Crippen LogP contribution in [-0.2, 0) is 0 Å². The number of nitrogens with one attached hydrogen (secondary N) is 1. The van der Waals surface area contributed by atoms with E-state index in [1.165, 1.54) is 12.1 Å². The molecule has 0 amide bonds. The molecule has 2 aliphatic rings. The van der Waals surface area contributed by atoms with Gasteiger partial charge in [-0.25, -0.2) is 0 Å². The number of benzene rings is 2. The van der Waals surface area contributed by atoms with E-state index < -0.39 is 4.92 Å². The molecule has 0 fully saturated rings. The fraction of sp³-hybridized carbons (Fsp3) is 0.222. The zero-order chi connectivity index (χ0) is 17.6. The fourth-order valence-electron chi connectivity index (χ4n) is 3.86. The lowest BCUT2D eigenvalue weighted by Gasteiger charge is -2.37. The molecule has 7 heteroatoms. The second kappa shape index (κ2) is 5.70. The molecule has 7 nitrogen and oxygen atoms in total. The Balaban J connectivity index is 1.77. The number of hydrogen-bond donors (Lipinski definition) is 1. The molecule has 0 aromatic heterocycles. The smallest absolute Gasteiger partial charge is 0.269 e. The average molecular weight is 337 g/mol. The zero-order valence-corrected chi connectivity index (χ0v) is 13.2. The number of anilines is 1. The van der Waals surface area contributed by atoms with Crippen LogP contribution in [-0.4, -0.2) is 9.85 Å². The van der Waals surface area contributed by atoms with Crippen LogP contribution in [0.1, 0.15) is 29.5 Å². The van der Waals surface area contributed by atoms with Crippen molar-refractivity contribution >= 4 is 17.1 Å². The van der Waals surface area contributed by atoms with Crippen LogP contribution in [0, 0.1) is 26.1 Å². The summed E-state index contributed by atoms with van der Waals surface area (Å²) >= 11 is 0. The van der Waals surface area contributed by atoms with E-state index in [1.54, 1.807) is 24.3 Å². The molecular formula is C18H15N3O4. The van der Waals surface area contributed by atoms with Gasteiger partial charge in [0.2, 0.25) is 0 Å². The molecular weight excluding hydrogens is 322 g/mol. The molecule has 0 bridgehead atoms. The van der Waals surface area contributed by atoms with Crippen molar-refractivity contribution in [2.24, 2.45) is 5.92 Å². The Morgan fingerprint density at radius 1 is 1.00 bits per heavy atom. The highest BCUT2D eigenvalue weighted by Crippen LogP contribution is 2.50. The van der Waals surface area contributed by atoms with Gasteiger partial charge in [-0.15, -0.1) is 0 Å². The normalized spacial score (nSPS) is 23.4. The summed E-state index contributed by atoms with van der Waals surface area (Å²) in [6, 6.07) is 11.4. The molecule has 0 radical (unpaired) electrons. The molecule has 0 saturated heterocycles. The fourth-order valence-corrected chi connectivity index (χ4v) is 3.86. The summed E-state index contributed by atoms with van der Waals surface area (Å²) < 4.78 is 0. The number of nitrogens with zero attached hydrogens (tertiary/aromatic N) is 2. The molecule has 3 atom stereocenters. The highest BCUT2D eigenvalue weighted by atomic mass is 16.6. The van der Waals surface area contributed by atoms with Gasteiger partial charge in [-0.1, -0.05) is 24.3 Å². The predicted molar refractivity (Wildman–Crippen MR) is 92.5 cm³/mol. The number of hydrogen-bond acceptors (Lipinski definition) is 5.